The molecule has 28 nitrogen and oxygen atoms in total. The number of carboxylic acids is 5. The predicted molar refractivity (Wildman–Crippen MR) is 635 cm³/mol. The van der Waals surface area contributed by atoms with E-state index in [2.05, 4.69) is 36.8 Å². The van der Waals surface area contributed by atoms with Crippen LogP contribution in [0.3, 0.4) is 0 Å². The molecule has 8 aromatic carbocycles. The fourth-order valence-corrected chi connectivity index (χ4v) is 8.79. The summed E-state index contributed by atoms with van der Waals surface area (Å²) in [5.41, 5.74) is 3.38. The van der Waals surface area contributed by atoms with E-state index in [0.717, 1.165) is 51.4 Å². The van der Waals surface area contributed by atoms with Gasteiger partial charge in [0.1, 0.15) is 33.9 Å². The van der Waals surface area contributed by atoms with E-state index in [1.54, 1.807) is 279 Å². The van der Waals surface area contributed by atoms with E-state index in [1.807, 2.05) is 134 Å². The Bertz CT molecular complexity index is 4080. The van der Waals surface area contributed by atoms with Crippen LogP contribution in [0.2, 0.25) is 36.8 Å². The largest absolute Gasteiger partial charge is 0.478 e. The number of hydrogen-bond donors (Lipinski definition) is 5. The zero-order valence-electron chi connectivity index (χ0n) is 97.6. The van der Waals surface area contributed by atoms with Gasteiger partial charge in [-0.2, -0.15) is 0 Å². The molecule has 4 aliphatic rings. The van der Waals surface area contributed by atoms with Gasteiger partial charge in [-0.1, -0.05) is 198 Å². The fraction of sp³-hybridized carbons (Fsp3) is 0.500. The van der Waals surface area contributed by atoms with Crippen molar-refractivity contribution in [2.24, 2.45) is 0 Å². The van der Waals surface area contributed by atoms with Gasteiger partial charge in [-0.05, 0) is 237 Å². The van der Waals surface area contributed by atoms with Crippen LogP contribution in [-0.2, 0) is 56.8 Å². The van der Waals surface area contributed by atoms with Crippen LogP contribution in [0.25, 0.3) is 0 Å². The molecule has 842 valence electrons. The number of esters is 3. The second-order valence-electron chi connectivity index (χ2n) is 36.6. The first-order valence-corrected chi connectivity index (χ1v) is 62.4. The third kappa shape index (κ3) is 101. The molecular weight excluding hydrogens is 2020 g/mol. The highest BCUT2D eigenvalue weighted by molar-refractivity contribution is 6.09. The van der Waals surface area contributed by atoms with Crippen LogP contribution >= 0.6 is 0 Å². The number of benzene rings is 8. The molecule has 1 aliphatic carbocycles. The van der Waals surface area contributed by atoms with Crippen molar-refractivity contribution in [3.8, 4) is 17.2 Å². The number of para-hydroxylation sites is 3. The van der Waals surface area contributed by atoms with E-state index in [9.17, 15) is 38.4 Å². The van der Waals surface area contributed by atoms with Gasteiger partial charge < -0.3 is 96.6 Å². The lowest BCUT2D eigenvalue weighted by molar-refractivity contribution is -0.148. The number of ether oxygens (including phenoxy) is 15. The molecular formula is C112H194O28Si8. The van der Waals surface area contributed by atoms with Crippen molar-refractivity contribution < 1.29 is 135 Å². The summed E-state index contributed by atoms with van der Waals surface area (Å²) in [4.78, 5) is 85.3. The van der Waals surface area contributed by atoms with Gasteiger partial charge in [-0.25, -0.2) is 38.4 Å². The number of carbonyl (C=O) groups excluding carboxylic acids is 3. The third-order valence-electron chi connectivity index (χ3n) is 17.7. The van der Waals surface area contributed by atoms with Gasteiger partial charge in [-0.15, -0.1) is 0 Å². The Morgan fingerprint density at radius 2 is 0.520 bits per heavy atom. The molecule has 1 fully saturated rings. The number of methoxy groups -OCH3 is 9. The van der Waals surface area contributed by atoms with E-state index in [1.165, 1.54) is 138 Å². The highest BCUT2D eigenvalue weighted by Crippen LogP contribution is 2.41. The standard InChI is InChI=1S/C12H12O3.C10H10O3.C9H8O3.5C7H6O2.5C5H12O.2C4H12OSi.2C3H10Si.2C2H8OSi.C2H8Si.CH6Si/c13-11-9-5-1-2-6-10(9)14-12(15-11)7-3-4-8-12;1-10(2)12-8-6-4-3-5-7(8)9(11)13-10;1-6-11-8-5-3-2-4-7(8)9(10)12-6;5*8-7(9)6-4-2-1-3-5-6;5*1-5(2,3)6-4;2*1-5-3-2-4-6;2*1-2-3-4;2*1-3-2-4;1-2-3;1-2/h1-2,5-6H,3-4,7-8H2;3-6H,1-2H3;2-6H,1H3;5*1-5H,(H,8,9);5*1-4H3;2*2-4H2,1,6H3;2*2-3H2,1,4H3;2*2H2,1,4H3;2H2,1,3H3;1-2H3. The normalized spacial score (nSPS) is 12.5. The predicted octanol–water partition coefficient (Wildman–Crippen LogP) is 17.2. The van der Waals surface area contributed by atoms with E-state index in [4.69, 9.17) is 87.1 Å². The highest BCUT2D eigenvalue weighted by Gasteiger charge is 2.44. The van der Waals surface area contributed by atoms with Gasteiger partial charge in [0.25, 0.3) is 5.79 Å². The molecule has 5 N–H and O–H groups in total. The quantitative estimate of drug-likeness (QED) is 0.0275. The summed E-state index contributed by atoms with van der Waals surface area (Å²) in [6, 6.07) is 69.9. The highest BCUT2D eigenvalue weighted by atomic mass is 28.2. The van der Waals surface area contributed by atoms with Crippen molar-refractivity contribution in [2.75, 3.05) is 89.7 Å². The third-order valence-corrected chi connectivity index (χ3v) is 22.2. The van der Waals surface area contributed by atoms with Gasteiger partial charge >= 0.3 is 47.8 Å². The fourth-order valence-electron chi connectivity index (χ4n) is 8.21. The second kappa shape index (κ2) is 98.0. The number of hydrogen-bond acceptors (Lipinski definition) is 23. The number of cyclic esters (lactones) is 2. The maximum atomic E-state index is 11.7. The van der Waals surface area contributed by atoms with Gasteiger partial charge in [-0.3, -0.25) is 0 Å². The van der Waals surface area contributed by atoms with Crippen molar-refractivity contribution in [1.82, 2.24) is 0 Å². The molecule has 36 heteroatoms. The van der Waals surface area contributed by atoms with Gasteiger partial charge in [0.05, 0.1) is 55.8 Å². The minimum atomic E-state index is -0.879. The van der Waals surface area contributed by atoms with Crippen LogP contribution in [-0.4, -0.2) is 291 Å². The first kappa shape index (κ1) is 156. The number of aromatic carboxylic acids is 5. The van der Waals surface area contributed by atoms with Crippen LogP contribution < -0.4 is 14.2 Å². The summed E-state index contributed by atoms with van der Waals surface area (Å²) in [7, 11) is 25.9. The zero-order chi connectivity index (χ0) is 116. The summed E-state index contributed by atoms with van der Waals surface area (Å²) in [5, 5.41) is 41.9. The summed E-state index contributed by atoms with van der Waals surface area (Å²) < 4.78 is 75.3. The van der Waals surface area contributed by atoms with Crippen LogP contribution in [0.5, 0.6) is 17.2 Å². The number of fused-ring (bicyclic) bond motifs is 3. The Morgan fingerprint density at radius 1 is 0.318 bits per heavy atom. The molecule has 1 unspecified atom stereocenters. The lowest BCUT2D eigenvalue weighted by Gasteiger charge is -2.34. The lowest BCUT2D eigenvalue weighted by atomic mass is 10.1. The molecule has 148 heavy (non-hydrogen) atoms. The zero-order valence-corrected chi connectivity index (χ0v) is 114. The Balaban J connectivity index is -0.000000199. The molecule has 8 aromatic rings. The summed E-state index contributed by atoms with van der Waals surface area (Å²) in [6.45, 7) is 46.1. The first-order valence-electron chi connectivity index (χ1n) is 50.5. The summed E-state index contributed by atoms with van der Waals surface area (Å²) >= 11 is 0. The molecule has 0 aromatic heterocycles. The molecule has 1 saturated carbocycles. The average Bonchev–Trinajstić information content (AvgIpc) is 1.46. The van der Waals surface area contributed by atoms with Crippen LogP contribution in [0, 0.1) is 0 Å². The summed E-state index contributed by atoms with van der Waals surface area (Å²) in [6.07, 6.45) is 10.5. The van der Waals surface area contributed by atoms with Crippen molar-refractivity contribution in [3.63, 3.8) is 0 Å². The molecule has 3 heterocycles. The Labute approximate surface area is 914 Å². The van der Waals surface area contributed by atoms with Crippen molar-refractivity contribution in [1.29, 1.82) is 0 Å². The Morgan fingerprint density at radius 3 is 0.709 bits per heavy atom. The van der Waals surface area contributed by atoms with Gasteiger partial charge in [0.15, 0.2) is 0 Å². The van der Waals surface area contributed by atoms with Crippen LogP contribution in [0.15, 0.2) is 224 Å². The lowest BCUT2D eigenvalue weighted by Crippen LogP contribution is -2.42. The van der Waals surface area contributed by atoms with E-state index in [-0.39, 0.29) is 45.9 Å². The Kier molecular flexibility index (Phi) is 103. The smallest absolute Gasteiger partial charge is 0.345 e. The molecule has 0 saturated heterocycles. The molecule has 1 spiro atoms. The molecule has 0 bridgehead atoms. The van der Waals surface area contributed by atoms with Gasteiger partial charge in [0.2, 0.25) is 12.1 Å². The summed E-state index contributed by atoms with van der Waals surface area (Å²) in [5.74, 6) is -4.96. The molecule has 1 atom stereocenters. The SMILES string of the molecule is CC1(C)OC(=O)c2ccccc2O1.CC1OC(=O)c2ccccc2O1.CCC[SiH3].CCC[SiH3].CC[SiH3].COC(C)(C)C.COC(C)(C)C.COC(C)(C)C.COC(C)(C)C.COC(C)(C)C.COCCC[SiH3].COCCC[SiH3].COC[SiH3].COC[SiH3].C[SiH3].O=C(O)c1ccccc1.O=C(O)c1ccccc1.O=C(O)c1ccccc1.O=C(O)c1ccccc1.O=C(O)c1ccccc1.O=C1OC2(CCCC2)Oc2ccccc21. The number of carboxylic acid groups (broad SMARTS) is 5. The van der Waals surface area contributed by atoms with Crippen LogP contribution in [0.1, 0.15) is 280 Å². The molecule has 12 rings (SSSR count). The molecule has 3 aliphatic heterocycles. The van der Waals surface area contributed by atoms with Crippen molar-refractivity contribution in [2.45, 2.75) is 279 Å². The minimum absolute atomic E-state index is 0.0417. The number of carbonyl (C=O) groups is 8. The topological polar surface area (TPSA) is 376 Å². The molecule has 0 radical (unpaired) electrons. The van der Waals surface area contributed by atoms with Crippen molar-refractivity contribution >= 4 is 130 Å². The maximum absolute atomic E-state index is 11.7. The van der Waals surface area contributed by atoms with Gasteiger partial charge in [0, 0.05) is 195 Å². The second-order valence-corrected chi connectivity index (χ2v) is 43.1. The Hall–Kier alpha value is -9.70. The average molecular weight is 2210 g/mol. The monoisotopic (exact) mass is 2210 g/mol. The first-order chi connectivity index (χ1) is 69.4. The number of rotatable bonds is 15. The van der Waals surface area contributed by atoms with Crippen LogP contribution in [0.4, 0.5) is 0 Å². The molecule has 0 amide bonds. The van der Waals surface area contributed by atoms with E-state index >= 15 is 0 Å². The maximum Gasteiger partial charge on any atom is 0.345 e. The van der Waals surface area contributed by atoms with E-state index < -0.39 is 47.7 Å². The van der Waals surface area contributed by atoms with E-state index in [0.29, 0.717) is 61.8 Å². The minimum Gasteiger partial charge on any atom is -0.478 e. The van der Waals surface area contributed by atoms with Crippen molar-refractivity contribution in [3.05, 3.63) is 269 Å².